The molecule has 7 nitrogen and oxygen atoms in total. The van der Waals surface area contributed by atoms with E-state index in [1.807, 2.05) is 0 Å². The number of thiazole rings is 1. The van der Waals surface area contributed by atoms with Crippen molar-refractivity contribution in [2.75, 3.05) is 12.0 Å². The Labute approximate surface area is 185 Å². The molecule has 2 aromatic carbocycles. The van der Waals surface area contributed by atoms with Gasteiger partial charge in [0, 0.05) is 5.56 Å². The van der Waals surface area contributed by atoms with Crippen LogP contribution in [0.2, 0.25) is 0 Å². The van der Waals surface area contributed by atoms with Crippen LogP contribution in [0.4, 0.5) is 9.52 Å². The van der Waals surface area contributed by atoms with E-state index in [4.69, 9.17) is 9.15 Å². The van der Waals surface area contributed by atoms with E-state index in [0.717, 1.165) is 11.3 Å². The molecule has 32 heavy (non-hydrogen) atoms. The molecule has 1 amide bonds. The van der Waals surface area contributed by atoms with Crippen LogP contribution in [-0.4, -0.2) is 28.9 Å². The summed E-state index contributed by atoms with van der Waals surface area (Å²) in [4.78, 5) is 31.7. The lowest BCUT2D eigenvalue weighted by atomic mass is 9.99. The number of ether oxygens (including phenoxy) is 1. The van der Waals surface area contributed by atoms with Crippen LogP contribution in [0.1, 0.15) is 17.4 Å². The first kappa shape index (κ1) is 20.0. The van der Waals surface area contributed by atoms with Gasteiger partial charge in [-0.3, -0.25) is 14.5 Å². The number of ketones is 1. The van der Waals surface area contributed by atoms with Crippen LogP contribution < -0.4 is 9.64 Å². The molecular formula is C23H15FN2O5S. The zero-order chi connectivity index (χ0) is 22.4. The van der Waals surface area contributed by atoms with Crippen molar-refractivity contribution in [3.8, 4) is 5.75 Å². The second-order valence-electron chi connectivity index (χ2n) is 7.02. The molecule has 3 heterocycles. The SMILES string of the molecule is COc1ccc(C(O)=C2C(=O)C(=O)N(c3nc4ccc(F)cc4s3)C2c2ccco2)cc1. The average Bonchev–Trinajstić information content (AvgIpc) is 3.52. The number of halogens is 1. The van der Waals surface area contributed by atoms with Crippen molar-refractivity contribution in [3.63, 3.8) is 0 Å². The number of methoxy groups -OCH3 is 1. The van der Waals surface area contributed by atoms with Crippen LogP contribution in [0.5, 0.6) is 5.75 Å². The van der Waals surface area contributed by atoms with Gasteiger partial charge in [-0.25, -0.2) is 9.37 Å². The minimum absolute atomic E-state index is 0.124. The molecule has 1 fully saturated rings. The first-order chi connectivity index (χ1) is 15.5. The van der Waals surface area contributed by atoms with Gasteiger partial charge in [0.25, 0.3) is 5.78 Å². The van der Waals surface area contributed by atoms with E-state index in [1.165, 1.54) is 36.5 Å². The maximum Gasteiger partial charge on any atom is 0.302 e. The number of amides is 1. The first-order valence-corrected chi connectivity index (χ1v) is 10.3. The molecule has 1 saturated heterocycles. The molecule has 0 spiro atoms. The lowest BCUT2D eigenvalue weighted by Gasteiger charge is -2.20. The summed E-state index contributed by atoms with van der Waals surface area (Å²) >= 11 is 1.07. The summed E-state index contributed by atoms with van der Waals surface area (Å²) in [6.45, 7) is 0. The number of carbonyl (C=O) groups excluding carboxylic acids is 2. The minimum atomic E-state index is -1.03. The molecule has 1 N–H and O–H groups in total. The fourth-order valence-corrected chi connectivity index (χ4v) is 4.66. The quantitative estimate of drug-likeness (QED) is 0.276. The standard InChI is InChI=1S/C23H15FN2O5S/c1-30-14-7-4-12(5-8-14)20(27)18-19(16-3-2-10-31-16)26(22(29)21(18)28)23-25-15-9-6-13(24)11-17(15)32-23/h2-11,19,27H,1H3. The zero-order valence-corrected chi connectivity index (χ0v) is 17.4. The average molecular weight is 450 g/mol. The molecule has 0 aliphatic carbocycles. The normalized spacial score (nSPS) is 17.9. The second kappa shape index (κ2) is 7.61. The van der Waals surface area contributed by atoms with Crippen LogP contribution in [0, 0.1) is 5.82 Å². The molecule has 0 bridgehead atoms. The van der Waals surface area contributed by atoms with Crippen molar-refractivity contribution in [2.45, 2.75) is 6.04 Å². The number of aromatic nitrogens is 1. The summed E-state index contributed by atoms with van der Waals surface area (Å²) in [6, 6.07) is 12.7. The molecule has 1 aliphatic heterocycles. The fourth-order valence-electron chi connectivity index (χ4n) is 3.64. The van der Waals surface area contributed by atoms with E-state index in [0.29, 0.717) is 21.5 Å². The van der Waals surface area contributed by atoms with Crippen LogP contribution in [0.3, 0.4) is 0 Å². The van der Waals surface area contributed by atoms with Gasteiger partial charge in [0.1, 0.15) is 29.1 Å². The zero-order valence-electron chi connectivity index (χ0n) is 16.6. The van der Waals surface area contributed by atoms with Crippen LogP contribution in [-0.2, 0) is 9.59 Å². The molecule has 2 aromatic heterocycles. The highest BCUT2D eigenvalue weighted by Gasteiger charge is 2.49. The number of nitrogens with zero attached hydrogens (tertiary/aromatic N) is 2. The van der Waals surface area contributed by atoms with Crippen molar-refractivity contribution >= 4 is 44.1 Å². The third-order valence-electron chi connectivity index (χ3n) is 5.17. The molecular weight excluding hydrogens is 435 g/mol. The van der Waals surface area contributed by atoms with Crippen LogP contribution in [0.15, 0.2) is 70.9 Å². The summed E-state index contributed by atoms with van der Waals surface area (Å²) in [5.74, 6) is -1.65. The molecule has 160 valence electrons. The molecule has 9 heteroatoms. The maximum absolute atomic E-state index is 13.7. The van der Waals surface area contributed by atoms with Crippen molar-refractivity contribution in [1.29, 1.82) is 0 Å². The Bertz CT molecular complexity index is 1380. The number of hydrogen-bond acceptors (Lipinski definition) is 7. The van der Waals surface area contributed by atoms with Gasteiger partial charge in [-0.15, -0.1) is 0 Å². The van der Waals surface area contributed by atoms with Gasteiger partial charge in [0.15, 0.2) is 5.13 Å². The van der Waals surface area contributed by atoms with Crippen molar-refractivity contribution in [2.24, 2.45) is 0 Å². The van der Waals surface area contributed by atoms with Crippen molar-refractivity contribution < 1.29 is 28.2 Å². The Kier molecular flexibility index (Phi) is 4.75. The lowest BCUT2D eigenvalue weighted by molar-refractivity contribution is -0.132. The number of benzene rings is 2. The van der Waals surface area contributed by atoms with Gasteiger partial charge < -0.3 is 14.3 Å². The lowest BCUT2D eigenvalue weighted by Crippen LogP contribution is -2.29. The Morgan fingerprint density at radius 3 is 2.66 bits per heavy atom. The largest absolute Gasteiger partial charge is 0.507 e. The number of hydrogen-bond donors (Lipinski definition) is 1. The van der Waals surface area contributed by atoms with Gasteiger partial charge in [-0.05, 0) is 54.6 Å². The smallest absolute Gasteiger partial charge is 0.302 e. The molecule has 0 radical (unpaired) electrons. The number of aliphatic hydroxyl groups is 1. The highest BCUT2D eigenvalue weighted by molar-refractivity contribution is 7.22. The second-order valence-corrected chi connectivity index (χ2v) is 8.03. The third-order valence-corrected chi connectivity index (χ3v) is 6.18. The summed E-state index contributed by atoms with van der Waals surface area (Å²) in [5, 5.41) is 11.2. The first-order valence-electron chi connectivity index (χ1n) is 9.53. The van der Waals surface area contributed by atoms with Crippen LogP contribution >= 0.6 is 11.3 Å². The van der Waals surface area contributed by atoms with Gasteiger partial charge >= 0.3 is 5.91 Å². The summed E-state index contributed by atoms with van der Waals surface area (Å²) in [6.07, 6.45) is 1.41. The molecule has 1 aliphatic rings. The Hall–Kier alpha value is -3.98. The highest BCUT2D eigenvalue weighted by Crippen LogP contribution is 2.44. The third kappa shape index (κ3) is 3.14. The number of Topliss-reactive ketones (excluding diaryl/α,β-unsaturated/α-hetero) is 1. The molecule has 0 saturated carbocycles. The van der Waals surface area contributed by atoms with E-state index < -0.39 is 23.5 Å². The van der Waals surface area contributed by atoms with E-state index in [-0.39, 0.29) is 22.2 Å². The maximum atomic E-state index is 13.7. The fraction of sp³-hybridized carbons (Fsp3) is 0.0870. The number of rotatable bonds is 4. The predicted molar refractivity (Wildman–Crippen MR) is 116 cm³/mol. The molecule has 4 aromatic rings. The number of furan rings is 1. The van der Waals surface area contributed by atoms with E-state index in [2.05, 4.69) is 4.98 Å². The summed E-state index contributed by atoms with van der Waals surface area (Å²) in [7, 11) is 1.52. The van der Waals surface area contributed by atoms with E-state index in [9.17, 15) is 19.1 Å². The van der Waals surface area contributed by atoms with Crippen LogP contribution in [0.25, 0.3) is 16.0 Å². The number of fused-ring (bicyclic) bond motifs is 1. The topological polar surface area (TPSA) is 92.9 Å². The van der Waals surface area contributed by atoms with Gasteiger partial charge in [-0.2, -0.15) is 0 Å². The Morgan fingerprint density at radius 2 is 1.97 bits per heavy atom. The molecule has 1 unspecified atom stereocenters. The highest BCUT2D eigenvalue weighted by atomic mass is 32.1. The van der Waals surface area contributed by atoms with Crippen molar-refractivity contribution in [1.82, 2.24) is 4.98 Å². The van der Waals surface area contributed by atoms with Crippen molar-refractivity contribution in [3.05, 3.63) is 83.6 Å². The van der Waals surface area contributed by atoms with Gasteiger partial charge in [-0.1, -0.05) is 11.3 Å². The Balaban J connectivity index is 1.68. The van der Waals surface area contributed by atoms with Gasteiger partial charge in [0.2, 0.25) is 0 Å². The molecule has 5 rings (SSSR count). The summed E-state index contributed by atoms with van der Waals surface area (Å²) < 4.78 is 24.8. The monoisotopic (exact) mass is 450 g/mol. The van der Waals surface area contributed by atoms with Gasteiger partial charge in [0.05, 0.1) is 29.2 Å². The van der Waals surface area contributed by atoms with E-state index >= 15 is 0 Å². The number of aliphatic hydroxyl groups excluding tert-OH is 1. The Morgan fingerprint density at radius 1 is 1.19 bits per heavy atom. The summed E-state index contributed by atoms with van der Waals surface area (Å²) in [5.41, 5.74) is 0.703. The molecule has 1 atom stereocenters. The van der Waals surface area contributed by atoms with E-state index in [1.54, 1.807) is 36.4 Å². The number of anilines is 1. The number of carbonyl (C=O) groups is 2. The predicted octanol–water partition coefficient (Wildman–Crippen LogP) is 4.66. The minimum Gasteiger partial charge on any atom is -0.507 e.